The molecule has 0 aliphatic carbocycles. The summed E-state index contributed by atoms with van der Waals surface area (Å²) >= 11 is 2.75. The lowest BCUT2D eigenvalue weighted by Crippen LogP contribution is -2.32. The Hall–Kier alpha value is -2.80. The molecule has 2 aromatic carbocycles. The van der Waals surface area contributed by atoms with Gasteiger partial charge in [0.05, 0.1) is 11.1 Å². The van der Waals surface area contributed by atoms with E-state index < -0.39 is 59.9 Å². The summed E-state index contributed by atoms with van der Waals surface area (Å²) in [5.74, 6) is -3.66. The van der Waals surface area contributed by atoms with E-state index in [1.807, 2.05) is 0 Å². The van der Waals surface area contributed by atoms with Crippen LogP contribution in [0.5, 0.6) is 0 Å². The van der Waals surface area contributed by atoms with Crippen molar-refractivity contribution >= 4 is 31.9 Å². The molecule has 0 aliphatic heterocycles. The van der Waals surface area contributed by atoms with Crippen molar-refractivity contribution in [1.29, 1.82) is 0 Å². The van der Waals surface area contributed by atoms with Crippen LogP contribution < -0.4 is 4.72 Å². The van der Waals surface area contributed by atoms with Crippen molar-refractivity contribution < 1.29 is 35.2 Å². The molecule has 0 unspecified atom stereocenters. The molecule has 1 heterocycles. The van der Waals surface area contributed by atoms with E-state index in [1.165, 1.54) is 11.8 Å². The number of halogens is 6. The minimum atomic E-state index is -5.02. The number of amides is 1. The molecule has 0 spiro atoms. The standard InChI is InChI=1S/C18H11BrF5N3O3S/c1-27-8-13(25-16(27)14-11(20)6-3-7-12(14)21)17(28)26-31(29,30)15-9(18(22,23)24)4-2-5-10(15)19/h2-8H,1H3,(H,26,28). The van der Waals surface area contributed by atoms with Crippen molar-refractivity contribution in [2.24, 2.45) is 7.05 Å². The monoisotopic (exact) mass is 523 g/mol. The predicted molar refractivity (Wildman–Crippen MR) is 102 cm³/mol. The highest BCUT2D eigenvalue weighted by atomic mass is 79.9. The molecule has 3 aromatic rings. The van der Waals surface area contributed by atoms with E-state index >= 15 is 0 Å². The van der Waals surface area contributed by atoms with Crippen LogP contribution in [0.25, 0.3) is 11.4 Å². The first-order valence-corrected chi connectivity index (χ1v) is 10.5. The minimum absolute atomic E-state index is 0.324. The number of aryl methyl sites for hydroxylation is 1. The van der Waals surface area contributed by atoms with E-state index in [0.717, 1.165) is 41.1 Å². The van der Waals surface area contributed by atoms with Crippen LogP contribution in [0.3, 0.4) is 0 Å². The van der Waals surface area contributed by atoms with Crippen LogP contribution in [0, 0.1) is 11.6 Å². The summed E-state index contributed by atoms with van der Waals surface area (Å²) in [6, 6.07) is 5.64. The van der Waals surface area contributed by atoms with E-state index in [-0.39, 0.29) is 5.82 Å². The smallest absolute Gasteiger partial charge is 0.333 e. The van der Waals surface area contributed by atoms with Gasteiger partial charge in [0, 0.05) is 17.7 Å². The zero-order chi connectivity index (χ0) is 23.1. The Balaban J connectivity index is 2.00. The van der Waals surface area contributed by atoms with Gasteiger partial charge in [0.2, 0.25) is 0 Å². The zero-order valence-corrected chi connectivity index (χ0v) is 17.7. The number of alkyl halides is 3. The average Bonchev–Trinajstić information content (AvgIpc) is 3.02. The molecule has 164 valence electrons. The van der Waals surface area contributed by atoms with Crippen molar-refractivity contribution in [2.45, 2.75) is 11.1 Å². The van der Waals surface area contributed by atoms with Crippen LogP contribution >= 0.6 is 15.9 Å². The molecule has 0 saturated heterocycles. The first-order valence-electron chi connectivity index (χ1n) is 8.23. The van der Waals surface area contributed by atoms with E-state index in [1.54, 1.807) is 0 Å². The maximum absolute atomic E-state index is 14.0. The van der Waals surface area contributed by atoms with Gasteiger partial charge in [0.15, 0.2) is 0 Å². The molecule has 0 radical (unpaired) electrons. The van der Waals surface area contributed by atoms with E-state index in [9.17, 15) is 35.2 Å². The molecular weight excluding hydrogens is 513 g/mol. The number of carbonyl (C=O) groups is 1. The molecule has 0 aliphatic rings. The number of nitrogens with one attached hydrogen (secondary N) is 1. The number of hydrogen-bond acceptors (Lipinski definition) is 4. The van der Waals surface area contributed by atoms with E-state index in [0.29, 0.717) is 6.07 Å². The first kappa shape index (κ1) is 22.9. The zero-order valence-electron chi connectivity index (χ0n) is 15.3. The largest absolute Gasteiger partial charge is 0.417 e. The summed E-state index contributed by atoms with van der Waals surface area (Å²) in [6.45, 7) is 0. The number of imidazole rings is 1. The minimum Gasteiger partial charge on any atom is -0.333 e. The van der Waals surface area contributed by atoms with Crippen molar-refractivity contribution in [3.63, 3.8) is 0 Å². The van der Waals surface area contributed by atoms with Gasteiger partial charge in [-0.1, -0.05) is 12.1 Å². The molecule has 3 rings (SSSR count). The fourth-order valence-electron chi connectivity index (χ4n) is 2.75. The number of hydrogen-bond donors (Lipinski definition) is 1. The van der Waals surface area contributed by atoms with Crippen LogP contribution in [0.15, 0.2) is 52.0 Å². The van der Waals surface area contributed by atoms with Crippen LogP contribution in [-0.2, 0) is 23.2 Å². The molecule has 0 bridgehead atoms. The molecule has 1 N–H and O–H groups in total. The number of nitrogens with zero attached hydrogens (tertiary/aromatic N) is 2. The highest BCUT2D eigenvalue weighted by molar-refractivity contribution is 9.10. The summed E-state index contributed by atoms with van der Waals surface area (Å²) in [5, 5.41) is 0. The Bertz CT molecular complexity index is 1270. The number of benzene rings is 2. The van der Waals surface area contributed by atoms with Gasteiger partial charge in [-0.15, -0.1) is 0 Å². The normalized spacial score (nSPS) is 12.1. The van der Waals surface area contributed by atoms with Gasteiger partial charge in [-0.3, -0.25) is 4.79 Å². The van der Waals surface area contributed by atoms with Gasteiger partial charge >= 0.3 is 6.18 Å². The fraction of sp³-hybridized carbons (Fsp3) is 0.111. The third-order valence-electron chi connectivity index (χ3n) is 4.06. The van der Waals surface area contributed by atoms with Crippen molar-refractivity contribution in [3.8, 4) is 11.4 Å². The average molecular weight is 524 g/mol. The molecule has 13 heteroatoms. The molecule has 1 aromatic heterocycles. The number of rotatable bonds is 4. The van der Waals surface area contributed by atoms with Crippen LogP contribution in [-0.4, -0.2) is 23.9 Å². The van der Waals surface area contributed by atoms with Gasteiger partial charge in [0.25, 0.3) is 15.9 Å². The summed E-state index contributed by atoms with van der Waals surface area (Å²) < 4.78 is 95.1. The first-order chi connectivity index (χ1) is 14.3. The van der Waals surface area contributed by atoms with Crippen molar-refractivity contribution in [2.75, 3.05) is 0 Å². The lowest BCUT2D eigenvalue weighted by molar-refractivity contribution is -0.140. The van der Waals surface area contributed by atoms with Crippen molar-refractivity contribution in [1.82, 2.24) is 14.3 Å². The molecular formula is C18H11BrF5N3O3S. The summed E-state index contributed by atoms with van der Waals surface area (Å²) in [7, 11) is -3.70. The number of aromatic nitrogens is 2. The highest BCUT2D eigenvalue weighted by Gasteiger charge is 2.39. The summed E-state index contributed by atoms with van der Waals surface area (Å²) in [5.41, 5.74) is -2.63. The Morgan fingerprint density at radius 1 is 1.10 bits per heavy atom. The second kappa shape index (κ2) is 8.04. The van der Waals surface area contributed by atoms with E-state index in [4.69, 9.17) is 0 Å². The number of sulfonamides is 1. The van der Waals surface area contributed by atoms with E-state index in [2.05, 4.69) is 20.9 Å². The lowest BCUT2D eigenvalue weighted by Gasteiger charge is -2.15. The second-order valence-electron chi connectivity index (χ2n) is 6.21. The Kier molecular flexibility index (Phi) is 5.93. The third-order valence-corrected chi connectivity index (χ3v) is 6.42. The van der Waals surface area contributed by atoms with Crippen LogP contribution in [0.4, 0.5) is 22.0 Å². The predicted octanol–water partition coefficient (Wildman–Crippen LogP) is 4.27. The quantitative estimate of drug-likeness (QED) is 0.518. The summed E-state index contributed by atoms with van der Waals surface area (Å²) in [4.78, 5) is 15.0. The SMILES string of the molecule is Cn1cc(C(=O)NS(=O)(=O)c2c(Br)cccc2C(F)(F)F)nc1-c1c(F)cccc1F. The Morgan fingerprint density at radius 2 is 1.68 bits per heavy atom. The molecule has 0 saturated carbocycles. The Labute approximate surface area is 180 Å². The second-order valence-corrected chi connectivity index (χ2v) is 8.68. The fourth-order valence-corrected chi connectivity index (χ4v) is 5.00. The lowest BCUT2D eigenvalue weighted by atomic mass is 10.2. The summed E-state index contributed by atoms with van der Waals surface area (Å²) in [6.07, 6.45) is -4.03. The molecule has 31 heavy (non-hydrogen) atoms. The molecule has 0 atom stereocenters. The van der Waals surface area contributed by atoms with Gasteiger partial charge < -0.3 is 4.57 Å². The van der Waals surface area contributed by atoms with Gasteiger partial charge in [-0.05, 0) is 40.2 Å². The topological polar surface area (TPSA) is 81.1 Å². The third kappa shape index (κ3) is 4.46. The van der Waals surface area contributed by atoms with Gasteiger partial charge in [0.1, 0.15) is 28.0 Å². The number of carbonyl (C=O) groups excluding carboxylic acids is 1. The molecule has 0 fully saturated rings. The highest BCUT2D eigenvalue weighted by Crippen LogP contribution is 2.37. The Morgan fingerprint density at radius 3 is 2.26 bits per heavy atom. The van der Waals surface area contributed by atoms with Crippen molar-refractivity contribution in [3.05, 3.63) is 70.0 Å². The molecule has 1 amide bonds. The van der Waals surface area contributed by atoms with Crippen LogP contribution in [0.2, 0.25) is 0 Å². The maximum Gasteiger partial charge on any atom is 0.417 e. The maximum atomic E-state index is 14.0. The van der Waals surface area contributed by atoms with Gasteiger partial charge in [-0.2, -0.15) is 13.2 Å². The molecule has 6 nitrogen and oxygen atoms in total. The van der Waals surface area contributed by atoms with Crippen LogP contribution in [0.1, 0.15) is 16.1 Å². The van der Waals surface area contributed by atoms with Gasteiger partial charge in [-0.25, -0.2) is 26.9 Å².